The Morgan fingerprint density at radius 1 is 1.25 bits per heavy atom. The van der Waals surface area contributed by atoms with Crippen LogP contribution in [0.3, 0.4) is 0 Å². The van der Waals surface area contributed by atoms with Crippen molar-refractivity contribution in [1.29, 1.82) is 0 Å². The smallest absolute Gasteiger partial charge is 0.258 e. The van der Waals surface area contributed by atoms with Crippen LogP contribution in [0.5, 0.6) is 0 Å². The molecule has 5 nitrogen and oxygen atoms in total. The molecule has 0 saturated carbocycles. The van der Waals surface area contributed by atoms with E-state index in [1.807, 2.05) is 26.0 Å². The summed E-state index contributed by atoms with van der Waals surface area (Å²) in [5.41, 5.74) is 9.22. The zero-order chi connectivity index (χ0) is 14.5. The third kappa shape index (κ3) is 3.65. The first-order valence-corrected chi connectivity index (χ1v) is 6.85. The zero-order valence-electron chi connectivity index (χ0n) is 12.2. The Bertz CT molecular complexity index is 546. The summed E-state index contributed by atoms with van der Waals surface area (Å²) < 4.78 is 10.7. The van der Waals surface area contributed by atoms with Gasteiger partial charge in [-0.3, -0.25) is 0 Å². The zero-order valence-corrected chi connectivity index (χ0v) is 12.2. The topological polar surface area (TPSA) is 74.2 Å². The van der Waals surface area contributed by atoms with Gasteiger partial charge in [-0.25, -0.2) is 0 Å². The fourth-order valence-electron chi connectivity index (χ4n) is 2.03. The molecule has 0 fully saturated rings. The molecule has 0 aliphatic rings. The molecule has 0 bridgehead atoms. The Morgan fingerprint density at radius 3 is 2.60 bits per heavy atom. The number of aryl methyl sites for hydroxylation is 2. The SMILES string of the molecule is CCCOCC(N)c1noc(-c2cc(C)cc(C)c2)n1. The molecule has 5 heteroatoms. The van der Waals surface area contributed by atoms with E-state index < -0.39 is 0 Å². The summed E-state index contributed by atoms with van der Waals surface area (Å²) >= 11 is 0. The summed E-state index contributed by atoms with van der Waals surface area (Å²) in [5.74, 6) is 0.980. The minimum Gasteiger partial charge on any atom is -0.379 e. The number of ether oxygens (including phenoxy) is 1. The fraction of sp³-hybridized carbons (Fsp3) is 0.467. The minimum atomic E-state index is -0.357. The number of nitrogens with zero attached hydrogens (tertiary/aromatic N) is 2. The Morgan fingerprint density at radius 2 is 1.95 bits per heavy atom. The van der Waals surface area contributed by atoms with Crippen molar-refractivity contribution < 1.29 is 9.26 Å². The highest BCUT2D eigenvalue weighted by Gasteiger charge is 2.15. The van der Waals surface area contributed by atoms with Gasteiger partial charge in [-0.05, 0) is 32.4 Å². The van der Waals surface area contributed by atoms with Crippen LogP contribution < -0.4 is 5.73 Å². The molecule has 1 aromatic heterocycles. The van der Waals surface area contributed by atoms with E-state index in [9.17, 15) is 0 Å². The van der Waals surface area contributed by atoms with Crippen molar-refractivity contribution in [2.75, 3.05) is 13.2 Å². The van der Waals surface area contributed by atoms with Crippen molar-refractivity contribution in [2.24, 2.45) is 5.73 Å². The molecule has 0 spiro atoms. The number of nitrogens with two attached hydrogens (primary N) is 1. The third-order valence-electron chi connectivity index (χ3n) is 2.89. The highest BCUT2D eigenvalue weighted by Crippen LogP contribution is 2.21. The molecule has 1 unspecified atom stereocenters. The molecular formula is C15H21N3O2. The standard InChI is InChI=1S/C15H21N3O2/c1-4-5-19-9-13(16)14-17-15(20-18-14)12-7-10(2)6-11(3)8-12/h6-8,13H,4-5,9,16H2,1-3H3. The molecule has 108 valence electrons. The highest BCUT2D eigenvalue weighted by atomic mass is 16.5. The van der Waals surface area contributed by atoms with Gasteiger partial charge >= 0.3 is 0 Å². The number of benzene rings is 1. The van der Waals surface area contributed by atoms with Gasteiger partial charge in [0.2, 0.25) is 0 Å². The minimum absolute atomic E-state index is 0.357. The Labute approximate surface area is 119 Å². The van der Waals surface area contributed by atoms with Gasteiger partial charge in [0.1, 0.15) is 0 Å². The fourth-order valence-corrected chi connectivity index (χ4v) is 2.03. The van der Waals surface area contributed by atoms with Crippen LogP contribution in [0, 0.1) is 13.8 Å². The van der Waals surface area contributed by atoms with E-state index in [1.165, 1.54) is 0 Å². The summed E-state index contributed by atoms with van der Waals surface area (Å²) in [6.45, 7) is 7.23. The van der Waals surface area contributed by atoms with Crippen molar-refractivity contribution in [3.8, 4) is 11.5 Å². The lowest BCUT2D eigenvalue weighted by molar-refractivity contribution is 0.119. The van der Waals surface area contributed by atoms with Gasteiger partial charge in [0, 0.05) is 12.2 Å². The van der Waals surface area contributed by atoms with E-state index in [0.717, 1.165) is 23.1 Å². The van der Waals surface area contributed by atoms with Gasteiger partial charge in [0.05, 0.1) is 12.6 Å². The average Bonchev–Trinajstić information content (AvgIpc) is 2.87. The van der Waals surface area contributed by atoms with E-state index in [-0.39, 0.29) is 6.04 Å². The monoisotopic (exact) mass is 275 g/mol. The number of rotatable bonds is 6. The van der Waals surface area contributed by atoms with Crippen LogP contribution in [0.15, 0.2) is 22.7 Å². The molecule has 0 amide bonds. The largest absolute Gasteiger partial charge is 0.379 e. The summed E-state index contributed by atoms with van der Waals surface area (Å²) in [6.07, 6.45) is 0.965. The van der Waals surface area contributed by atoms with Crippen molar-refractivity contribution >= 4 is 0 Å². The summed E-state index contributed by atoms with van der Waals surface area (Å²) in [7, 11) is 0. The predicted octanol–water partition coefficient (Wildman–Crippen LogP) is 2.78. The van der Waals surface area contributed by atoms with Gasteiger partial charge in [0.15, 0.2) is 5.82 Å². The number of hydrogen-bond acceptors (Lipinski definition) is 5. The third-order valence-corrected chi connectivity index (χ3v) is 2.89. The van der Waals surface area contributed by atoms with Gasteiger partial charge in [-0.2, -0.15) is 4.98 Å². The molecule has 2 N–H and O–H groups in total. The lowest BCUT2D eigenvalue weighted by Crippen LogP contribution is -2.18. The van der Waals surface area contributed by atoms with E-state index >= 15 is 0 Å². The molecule has 0 saturated heterocycles. The highest BCUT2D eigenvalue weighted by molar-refractivity contribution is 5.55. The Kier molecular flexibility index (Phi) is 4.87. The molecule has 0 aliphatic carbocycles. The maximum absolute atomic E-state index is 5.98. The molecule has 20 heavy (non-hydrogen) atoms. The van der Waals surface area contributed by atoms with Crippen molar-refractivity contribution in [1.82, 2.24) is 10.1 Å². The summed E-state index contributed by atoms with van der Waals surface area (Å²) in [4.78, 5) is 4.36. The van der Waals surface area contributed by atoms with Crippen LogP contribution in [0.1, 0.15) is 36.3 Å². The van der Waals surface area contributed by atoms with Crippen molar-refractivity contribution in [3.63, 3.8) is 0 Å². The molecular weight excluding hydrogens is 254 g/mol. The lowest BCUT2D eigenvalue weighted by atomic mass is 10.1. The van der Waals surface area contributed by atoms with E-state index in [2.05, 4.69) is 23.1 Å². The van der Waals surface area contributed by atoms with Crippen LogP contribution in [0.25, 0.3) is 11.5 Å². The molecule has 0 aliphatic heterocycles. The first-order valence-electron chi connectivity index (χ1n) is 6.85. The molecule has 1 heterocycles. The Balaban J connectivity index is 2.11. The quantitative estimate of drug-likeness (QED) is 0.820. The van der Waals surface area contributed by atoms with Gasteiger partial charge < -0.3 is 15.0 Å². The van der Waals surface area contributed by atoms with Crippen LogP contribution in [0.4, 0.5) is 0 Å². The van der Waals surface area contributed by atoms with Crippen LogP contribution in [0.2, 0.25) is 0 Å². The second kappa shape index (κ2) is 6.63. The van der Waals surface area contributed by atoms with E-state index in [0.29, 0.717) is 24.9 Å². The number of hydrogen-bond donors (Lipinski definition) is 1. The second-order valence-electron chi connectivity index (χ2n) is 5.02. The Hall–Kier alpha value is -1.72. The van der Waals surface area contributed by atoms with Crippen LogP contribution in [-0.4, -0.2) is 23.4 Å². The predicted molar refractivity (Wildman–Crippen MR) is 77.2 cm³/mol. The van der Waals surface area contributed by atoms with E-state index in [4.69, 9.17) is 15.0 Å². The normalized spacial score (nSPS) is 12.6. The molecule has 2 aromatic rings. The average molecular weight is 275 g/mol. The summed E-state index contributed by atoms with van der Waals surface area (Å²) in [5, 5.41) is 3.94. The van der Waals surface area contributed by atoms with Crippen molar-refractivity contribution in [3.05, 3.63) is 35.2 Å². The molecule has 1 aromatic carbocycles. The van der Waals surface area contributed by atoms with Gasteiger partial charge in [-0.1, -0.05) is 29.3 Å². The maximum Gasteiger partial charge on any atom is 0.258 e. The first kappa shape index (κ1) is 14.7. The lowest BCUT2D eigenvalue weighted by Gasteiger charge is -2.06. The summed E-state index contributed by atoms with van der Waals surface area (Å²) in [6, 6.07) is 5.78. The molecule has 1 atom stereocenters. The first-order chi connectivity index (χ1) is 9.60. The van der Waals surface area contributed by atoms with E-state index in [1.54, 1.807) is 0 Å². The van der Waals surface area contributed by atoms with Gasteiger partial charge in [-0.15, -0.1) is 0 Å². The van der Waals surface area contributed by atoms with Crippen LogP contribution >= 0.6 is 0 Å². The second-order valence-corrected chi connectivity index (χ2v) is 5.02. The molecule has 2 rings (SSSR count). The number of aromatic nitrogens is 2. The van der Waals surface area contributed by atoms with Crippen LogP contribution in [-0.2, 0) is 4.74 Å². The molecule has 0 radical (unpaired) electrons. The van der Waals surface area contributed by atoms with Gasteiger partial charge in [0.25, 0.3) is 5.89 Å². The maximum atomic E-state index is 5.98. The van der Waals surface area contributed by atoms with Crippen molar-refractivity contribution in [2.45, 2.75) is 33.2 Å².